The molecule has 0 radical (unpaired) electrons. The van der Waals surface area contributed by atoms with Crippen LogP contribution in [0, 0.1) is 10.1 Å². The summed E-state index contributed by atoms with van der Waals surface area (Å²) in [6, 6.07) is 2.19. The average molecular weight is 236 g/mol. The third-order valence-electron chi connectivity index (χ3n) is 1.35. The van der Waals surface area contributed by atoms with Crippen molar-refractivity contribution >= 4 is 21.9 Å². The molecule has 0 saturated heterocycles. The summed E-state index contributed by atoms with van der Waals surface area (Å²) in [6.45, 7) is 0. The molecular weight excluding hydrogens is 230 g/mol. The fourth-order valence-corrected chi connectivity index (χ4v) is 1.14. The Bertz CT molecular complexity index is 497. The number of nitrogen functional groups attached to an aromatic ring is 1. The Labute approximate surface area is 83.8 Å². The Balaban J connectivity index is 3.22. The second-order valence-corrected chi connectivity index (χ2v) is 3.37. The Kier molecular flexibility index (Phi) is 2.72. The molecule has 0 aliphatic rings. The van der Waals surface area contributed by atoms with Gasteiger partial charge in [0.25, 0.3) is 0 Å². The van der Waals surface area contributed by atoms with E-state index in [0.29, 0.717) is 4.73 Å². The van der Waals surface area contributed by atoms with Crippen LogP contribution >= 0.6 is 0 Å². The van der Waals surface area contributed by atoms with E-state index in [1.54, 1.807) is 0 Å². The van der Waals surface area contributed by atoms with E-state index >= 15 is 0 Å². The first-order valence-corrected chi connectivity index (χ1v) is 4.79. The van der Waals surface area contributed by atoms with E-state index < -0.39 is 26.8 Å². The highest BCUT2D eigenvalue weighted by Gasteiger charge is 2.24. The minimum Gasteiger partial charge on any atom is -0.278 e. The van der Waals surface area contributed by atoms with E-state index in [-0.39, 0.29) is 0 Å². The molecule has 0 fully saturated rings. The van der Waals surface area contributed by atoms with Crippen LogP contribution in [0.1, 0.15) is 0 Å². The lowest BCUT2D eigenvalue weighted by Gasteiger charge is -1.99. The summed E-state index contributed by atoms with van der Waals surface area (Å²) < 4.78 is 33.3. The van der Waals surface area contributed by atoms with Gasteiger partial charge in [0.2, 0.25) is 0 Å². The molecule has 0 spiro atoms. The summed E-state index contributed by atoms with van der Waals surface area (Å²) in [5, 5.41) is 10.4. The zero-order valence-electron chi connectivity index (χ0n) is 7.10. The predicted octanol–water partition coefficient (Wildman–Crippen LogP) is -1.30. The number of hydrogen-bond acceptors (Lipinski definition) is 6. The maximum atomic E-state index is 10.4. The topological polar surface area (TPSA) is 137 Å². The molecule has 0 unspecified atom stereocenters. The van der Waals surface area contributed by atoms with Gasteiger partial charge in [0.1, 0.15) is 6.20 Å². The van der Waals surface area contributed by atoms with Crippen molar-refractivity contribution in [3.63, 3.8) is 0 Å². The first-order chi connectivity index (χ1) is 6.81. The number of nitrogens with zero attached hydrogens (tertiary/aromatic N) is 2. The highest BCUT2D eigenvalue weighted by molar-refractivity contribution is 7.80. The first-order valence-electron chi connectivity index (χ1n) is 3.43. The maximum Gasteiger partial charge on any atom is 0.482 e. The van der Waals surface area contributed by atoms with Gasteiger partial charge in [-0.25, -0.2) is 0 Å². The van der Waals surface area contributed by atoms with E-state index in [1.165, 1.54) is 0 Å². The van der Waals surface area contributed by atoms with Gasteiger partial charge in [-0.15, -0.1) is 0 Å². The number of aromatic nitrogens is 1. The molecule has 1 rings (SSSR count). The van der Waals surface area contributed by atoms with E-state index in [4.69, 9.17) is 10.3 Å². The zero-order chi connectivity index (χ0) is 11.6. The van der Waals surface area contributed by atoms with Gasteiger partial charge in [0, 0.05) is 6.07 Å². The molecule has 9 nitrogen and oxygen atoms in total. The van der Waals surface area contributed by atoms with Gasteiger partial charge in [0.05, 0.1) is 4.92 Å². The predicted molar refractivity (Wildman–Crippen MR) is 45.8 cm³/mol. The van der Waals surface area contributed by atoms with Crippen LogP contribution in [-0.2, 0) is 10.4 Å². The van der Waals surface area contributed by atoms with Crippen molar-refractivity contribution in [2.24, 2.45) is 0 Å². The highest BCUT2D eigenvalue weighted by atomic mass is 32.3. The summed E-state index contributed by atoms with van der Waals surface area (Å²) >= 11 is 0. The number of rotatable bonds is 3. The first kappa shape index (κ1) is 11.1. The lowest BCUT2D eigenvalue weighted by atomic mass is 10.4. The second-order valence-electron chi connectivity index (χ2n) is 2.36. The molecule has 82 valence electrons. The molecule has 10 heteroatoms. The lowest BCUT2D eigenvalue weighted by Crippen LogP contribution is -2.47. The average Bonchev–Trinajstić information content (AvgIpc) is 2.05. The summed E-state index contributed by atoms with van der Waals surface area (Å²) in [5.41, 5.74) is 4.67. The van der Waals surface area contributed by atoms with Crippen molar-refractivity contribution in [3.05, 3.63) is 28.4 Å². The Morgan fingerprint density at radius 1 is 1.60 bits per heavy atom. The van der Waals surface area contributed by atoms with E-state index in [1.807, 2.05) is 0 Å². The lowest BCUT2D eigenvalue weighted by molar-refractivity contribution is -0.846. The monoisotopic (exact) mass is 236 g/mol. The standard InChI is InChI=1S/C5H5N3O6S/c6-5-4(8(9)10)2-1-3-7(5)14-15(11,12)13/h1-3,6H,(H,11,12,13)/p+1. The second kappa shape index (κ2) is 3.67. The number of nitrogens with two attached hydrogens (primary N) is 1. The normalized spacial score (nSPS) is 11.0. The van der Waals surface area contributed by atoms with Crippen molar-refractivity contribution in [1.29, 1.82) is 0 Å². The van der Waals surface area contributed by atoms with Gasteiger partial charge in [-0.2, -0.15) is 12.7 Å². The molecule has 0 saturated carbocycles. The highest BCUT2D eigenvalue weighted by Crippen LogP contribution is 2.14. The van der Waals surface area contributed by atoms with Gasteiger partial charge >= 0.3 is 21.9 Å². The molecule has 1 aromatic rings. The van der Waals surface area contributed by atoms with Crippen molar-refractivity contribution in [2.75, 3.05) is 5.73 Å². The van der Waals surface area contributed by atoms with E-state index in [9.17, 15) is 18.5 Å². The molecule has 0 atom stereocenters. The quantitative estimate of drug-likeness (QED) is 0.288. The van der Waals surface area contributed by atoms with Crippen LogP contribution in [-0.4, -0.2) is 17.9 Å². The van der Waals surface area contributed by atoms with Crippen LogP contribution in [0.15, 0.2) is 18.3 Å². The molecular formula is C5H6N3O6S+. The fraction of sp³-hybridized carbons (Fsp3) is 0. The third kappa shape index (κ3) is 2.75. The molecule has 1 aromatic heterocycles. The zero-order valence-corrected chi connectivity index (χ0v) is 7.92. The third-order valence-corrected chi connectivity index (χ3v) is 1.70. The fourth-order valence-electron chi connectivity index (χ4n) is 0.812. The van der Waals surface area contributed by atoms with Gasteiger partial charge < -0.3 is 0 Å². The van der Waals surface area contributed by atoms with Crippen LogP contribution in [0.25, 0.3) is 0 Å². The molecule has 3 N–H and O–H groups in total. The van der Waals surface area contributed by atoms with Gasteiger partial charge in [0.15, 0.2) is 0 Å². The summed E-state index contributed by atoms with van der Waals surface area (Å²) in [7, 11) is -4.78. The SMILES string of the molecule is Nc1c([N+](=O)[O-])ccc[n+]1OS(=O)(=O)O. The maximum absolute atomic E-state index is 10.4. The number of anilines is 1. The van der Waals surface area contributed by atoms with Crippen molar-refractivity contribution in [2.45, 2.75) is 0 Å². The summed E-state index contributed by atoms with van der Waals surface area (Å²) in [6.07, 6.45) is 0.996. The summed E-state index contributed by atoms with van der Waals surface area (Å²) in [5.74, 6) is -0.555. The molecule has 0 aromatic carbocycles. The largest absolute Gasteiger partial charge is 0.482 e. The number of nitro groups is 1. The van der Waals surface area contributed by atoms with Crippen molar-refractivity contribution in [3.8, 4) is 0 Å². The molecule has 0 aliphatic heterocycles. The van der Waals surface area contributed by atoms with Crippen molar-refractivity contribution < 1.29 is 26.9 Å². The molecule has 1 heterocycles. The molecule has 0 bridgehead atoms. The van der Waals surface area contributed by atoms with Gasteiger partial charge in [-0.05, 0) is 10.8 Å². The Morgan fingerprint density at radius 2 is 2.20 bits per heavy atom. The Morgan fingerprint density at radius 3 is 2.67 bits per heavy atom. The van der Waals surface area contributed by atoms with Crippen LogP contribution in [0.4, 0.5) is 11.5 Å². The van der Waals surface area contributed by atoms with Crippen LogP contribution in [0.2, 0.25) is 0 Å². The van der Waals surface area contributed by atoms with Crippen molar-refractivity contribution in [1.82, 2.24) is 0 Å². The van der Waals surface area contributed by atoms with E-state index in [0.717, 1.165) is 18.3 Å². The smallest absolute Gasteiger partial charge is 0.278 e. The minimum atomic E-state index is -4.78. The summed E-state index contributed by atoms with van der Waals surface area (Å²) in [4.78, 5) is 9.56. The molecule has 0 amide bonds. The van der Waals surface area contributed by atoms with Gasteiger partial charge in [-0.1, -0.05) is 0 Å². The van der Waals surface area contributed by atoms with Crippen LogP contribution in [0.5, 0.6) is 0 Å². The Hall–Kier alpha value is -1.94. The van der Waals surface area contributed by atoms with Crippen LogP contribution < -0.4 is 14.7 Å². The number of pyridine rings is 1. The molecule has 0 aliphatic carbocycles. The van der Waals surface area contributed by atoms with Gasteiger partial charge in [-0.3, -0.25) is 20.4 Å². The van der Waals surface area contributed by atoms with E-state index in [2.05, 4.69) is 4.28 Å². The molecule has 15 heavy (non-hydrogen) atoms. The minimum absolute atomic E-state index is 0.369. The van der Waals surface area contributed by atoms with Crippen LogP contribution in [0.3, 0.4) is 0 Å². The number of hydrogen-bond donors (Lipinski definition) is 2.